The summed E-state index contributed by atoms with van der Waals surface area (Å²) in [5.41, 5.74) is 3.71. The van der Waals surface area contributed by atoms with Gasteiger partial charge in [0.25, 0.3) is 0 Å². The Hall–Kier alpha value is -1.82. The first-order valence-corrected chi connectivity index (χ1v) is 6.99. The third kappa shape index (κ3) is 2.00. The van der Waals surface area contributed by atoms with Crippen molar-refractivity contribution < 1.29 is 19.2 Å². The Kier molecular flexibility index (Phi) is 3.25. The van der Waals surface area contributed by atoms with Gasteiger partial charge < -0.3 is 14.4 Å². The summed E-state index contributed by atoms with van der Waals surface area (Å²) in [6.07, 6.45) is 3.14. The molecule has 0 spiro atoms. The number of hydrogen-bond donors (Lipinski definition) is 1. The number of halogens is 1. The predicted molar refractivity (Wildman–Crippen MR) is 75.2 cm³/mol. The van der Waals surface area contributed by atoms with Crippen molar-refractivity contribution in [3.8, 4) is 17.0 Å². The van der Waals surface area contributed by atoms with Crippen LogP contribution >= 0.6 is 15.9 Å². The summed E-state index contributed by atoms with van der Waals surface area (Å²) in [5, 5.41) is 12.7. The van der Waals surface area contributed by atoms with Crippen molar-refractivity contribution in [1.82, 2.24) is 5.16 Å². The molecule has 1 N–H and O–H groups in total. The third-order valence-electron chi connectivity index (χ3n) is 3.49. The summed E-state index contributed by atoms with van der Waals surface area (Å²) < 4.78 is 11.2. The first-order valence-electron chi connectivity index (χ1n) is 6.20. The molecule has 0 radical (unpaired) electrons. The zero-order chi connectivity index (χ0) is 14.3. The van der Waals surface area contributed by atoms with Gasteiger partial charge in [-0.2, -0.15) is 0 Å². The molecule has 20 heavy (non-hydrogen) atoms. The van der Waals surface area contributed by atoms with Crippen molar-refractivity contribution in [2.24, 2.45) is 0 Å². The van der Waals surface area contributed by atoms with E-state index >= 15 is 0 Å². The molecule has 1 heterocycles. The van der Waals surface area contributed by atoms with Gasteiger partial charge in [0.1, 0.15) is 11.4 Å². The Morgan fingerprint density at radius 2 is 2.25 bits per heavy atom. The van der Waals surface area contributed by atoms with Crippen molar-refractivity contribution in [2.75, 3.05) is 7.11 Å². The second kappa shape index (κ2) is 4.94. The SMILES string of the molecule is COc1c(-c2cc(C(=O)O)on2)cc2c(c1Br)CCC2. The summed E-state index contributed by atoms with van der Waals surface area (Å²) >= 11 is 3.58. The van der Waals surface area contributed by atoms with Crippen LogP contribution in [-0.2, 0) is 12.8 Å². The molecule has 0 saturated carbocycles. The van der Waals surface area contributed by atoms with E-state index in [1.165, 1.54) is 17.2 Å². The van der Waals surface area contributed by atoms with E-state index in [0.717, 1.165) is 29.3 Å². The van der Waals surface area contributed by atoms with E-state index in [4.69, 9.17) is 14.4 Å². The molecule has 0 aliphatic heterocycles. The van der Waals surface area contributed by atoms with E-state index in [1.807, 2.05) is 6.07 Å². The van der Waals surface area contributed by atoms with Gasteiger partial charge in [-0.15, -0.1) is 0 Å². The number of ether oxygens (including phenoxy) is 1. The largest absolute Gasteiger partial charge is 0.495 e. The highest BCUT2D eigenvalue weighted by Gasteiger charge is 2.23. The molecule has 0 amide bonds. The average molecular weight is 338 g/mol. The molecule has 0 saturated heterocycles. The number of nitrogens with zero attached hydrogens (tertiary/aromatic N) is 1. The first-order chi connectivity index (χ1) is 9.61. The van der Waals surface area contributed by atoms with Crippen molar-refractivity contribution in [2.45, 2.75) is 19.3 Å². The van der Waals surface area contributed by atoms with Gasteiger partial charge in [0, 0.05) is 11.6 Å². The van der Waals surface area contributed by atoms with Gasteiger partial charge in [-0.25, -0.2) is 4.79 Å². The van der Waals surface area contributed by atoms with Crippen LogP contribution in [0.4, 0.5) is 0 Å². The molecule has 0 fully saturated rings. The zero-order valence-corrected chi connectivity index (χ0v) is 12.4. The predicted octanol–water partition coefficient (Wildman–Crippen LogP) is 3.30. The molecular weight excluding hydrogens is 326 g/mol. The Labute approximate surface area is 123 Å². The maximum atomic E-state index is 10.9. The number of carboxylic acids is 1. The molecule has 1 aromatic heterocycles. The van der Waals surface area contributed by atoms with E-state index in [-0.39, 0.29) is 5.76 Å². The van der Waals surface area contributed by atoms with Crippen LogP contribution in [0.25, 0.3) is 11.3 Å². The van der Waals surface area contributed by atoms with Crippen LogP contribution in [0.1, 0.15) is 28.1 Å². The number of carbonyl (C=O) groups is 1. The van der Waals surface area contributed by atoms with Gasteiger partial charge in [-0.1, -0.05) is 5.16 Å². The number of aryl methyl sites for hydroxylation is 1. The lowest BCUT2D eigenvalue weighted by Crippen LogP contribution is -1.95. The number of hydrogen-bond acceptors (Lipinski definition) is 4. The summed E-state index contributed by atoms with van der Waals surface area (Å²) in [5.74, 6) is -0.655. The van der Waals surface area contributed by atoms with E-state index in [0.29, 0.717) is 11.4 Å². The van der Waals surface area contributed by atoms with Crippen molar-refractivity contribution in [3.63, 3.8) is 0 Å². The quantitative estimate of drug-likeness (QED) is 0.930. The number of aromatic nitrogens is 1. The normalized spacial score (nSPS) is 13.3. The summed E-state index contributed by atoms with van der Waals surface area (Å²) in [7, 11) is 1.59. The molecule has 1 aliphatic rings. The lowest BCUT2D eigenvalue weighted by Gasteiger charge is -2.12. The molecule has 0 atom stereocenters. The van der Waals surface area contributed by atoms with Gasteiger partial charge in [-0.3, -0.25) is 0 Å². The van der Waals surface area contributed by atoms with Crippen molar-refractivity contribution in [3.05, 3.63) is 33.5 Å². The van der Waals surface area contributed by atoms with Gasteiger partial charge in [-0.05, 0) is 52.4 Å². The number of fused-ring (bicyclic) bond motifs is 1. The number of aromatic carboxylic acids is 1. The summed E-state index contributed by atoms with van der Waals surface area (Å²) in [6, 6.07) is 3.42. The Morgan fingerprint density at radius 3 is 2.90 bits per heavy atom. The minimum absolute atomic E-state index is 0.182. The average Bonchev–Trinajstić information content (AvgIpc) is 3.07. The van der Waals surface area contributed by atoms with Crippen LogP contribution in [0.2, 0.25) is 0 Å². The Morgan fingerprint density at radius 1 is 1.45 bits per heavy atom. The summed E-state index contributed by atoms with van der Waals surface area (Å²) in [6.45, 7) is 0. The van der Waals surface area contributed by atoms with E-state index in [1.54, 1.807) is 7.11 Å². The topological polar surface area (TPSA) is 72.6 Å². The minimum Gasteiger partial charge on any atom is -0.495 e. The van der Waals surface area contributed by atoms with Crippen molar-refractivity contribution >= 4 is 21.9 Å². The molecule has 1 aromatic carbocycles. The fraction of sp³-hybridized carbons (Fsp3) is 0.286. The Bertz CT molecular complexity index is 693. The Balaban J connectivity index is 2.17. The second-order valence-electron chi connectivity index (χ2n) is 4.64. The molecule has 2 aromatic rings. The maximum absolute atomic E-state index is 10.9. The standard InChI is InChI=1S/C14H12BrNO4/c1-19-13-9(10-6-11(14(17)18)20-16-10)5-7-3-2-4-8(7)12(13)15/h5-6H,2-4H2,1H3,(H,17,18). The molecule has 0 unspecified atom stereocenters. The van der Waals surface area contributed by atoms with E-state index < -0.39 is 5.97 Å². The molecule has 1 aliphatic carbocycles. The molecular formula is C14H12BrNO4. The number of benzene rings is 1. The first kappa shape index (κ1) is 13.2. The number of methoxy groups -OCH3 is 1. The second-order valence-corrected chi connectivity index (χ2v) is 5.44. The van der Waals surface area contributed by atoms with Crippen LogP contribution < -0.4 is 4.74 Å². The van der Waals surface area contributed by atoms with Gasteiger partial charge in [0.15, 0.2) is 0 Å². The fourth-order valence-electron chi connectivity index (χ4n) is 2.56. The van der Waals surface area contributed by atoms with E-state index in [2.05, 4.69) is 21.1 Å². The number of rotatable bonds is 3. The molecule has 5 nitrogen and oxygen atoms in total. The van der Waals surface area contributed by atoms with Gasteiger partial charge in [0.05, 0.1) is 11.6 Å². The summed E-state index contributed by atoms with van der Waals surface area (Å²) in [4.78, 5) is 10.9. The van der Waals surface area contributed by atoms with Gasteiger partial charge in [0.2, 0.25) is 5.76 Å². The van der Waals surface area contributed by atoms with Crippen LogP contribution in [0, 0.1) is 0 Å². The molecule has 6 heteroatoms. The third-order valence-corrected chi connectivity index (χ3v) is 4.33. The molecule has 0 bridgehead atoms. The van der Waals surface area contributed by atoms with Crippen LogP contribution in [0.5, 0.6) is 5.75 Å². The maximum Gasteiger partial charge on any atom is 0.374 e. The lowest BCUT2D eigenvalue weighted by atomic mass is 10.0. The monoisotopic (exact) mass is 337 g/mol. The van der Waals surface area contributed by atoms with Crippen LogP contribution in [0.15, 0.2) is 21.1 Å². The molecule has 3 rings (SSSR count). The smallest absolute Gasteiger partial charge is 0.374 e. The van der Waals surface area contributed by atoms with Crippen LogP contribution in [-0.4, -0.2) is 23.3 Å². The van der Waals surface area contributed by atoms with Gasteiger partial charge >= 0.3 is 5.97 Å². The fourth-order valence-corrected chi connectivity index (χ4v) is 3.39. The highest BCUT2D eigenvalue weighted by Crippen LogP contribution is 2.43. The minimum atomic E-state index is -1.14. The molecule has 104 valence electrons. The highest BCUT2D eigenvalue weighted by molar-refractivity contribution is 9.10. The van der Waals surface area contributed by atoms with Crippen LogP contribution in [0.3, 0.4) is 0 Å². The number of carboxylic acid groups (broad SMARTS) is 1. The van der Waals surface area contributed by atoms with Crippen molar-refractivity contribution in [1.29, 1.82) is 0 Å². The lowest BCUT2D eigenvalue weighted by molar-refractivity contribution is 0.0652. The van der Waals surface area contributed by atoms with E-state index in [9.17, 15) is 4.79 Å². The zero-order valence-electron chi connectivity index (χ0n) is 10.8. The highest BCUT2D eigenvalue weighted by atomic mass is 79.9.